The highest BCUT2D eigenvalue weighted by molar-refractivity contribution is 4.74. The highest BCUT2D eigenvalue weighted by atomic mass is 16.5. The average Bonchev–Trinajstić information content (AvgIpc) is 2.40. The standard InChI is InChI=1S/C14H28N2O/c1-2-16(10-13-5-7-15-8-6-13)11-14-4-3-9-17-12-14/h13-15H,2-12H2,1H3. The van der Waals surface area contributed by atoms with Crippen molar-refractivity contribution >= 4 is 0 Å². The third-order valence-electron chi connectivity index (χ3n) is 4.19. The summed E-state index contributed by atoms with van der Waals surface area (Å²) in [7, 11) is 0. The van der Waals surface area contributed by atoms with Crippen molar-refractivity contribution in [1.29, 1.82) is 0 Å². The van der Waals surface area contributed by atoms with Gasteiger partial charge < -0.3 is 15.0 Å². The summed E-state index contributed by atoms with van der Waals surface area (Å²) >= 11 is 0. The smallest absolute Gasteiger partial charge is 0.0506 e. The molecule has 0 spiro atoms. The summed E-state index contributed by atoms with van der Waals surface area (Å²) in [6, 6.07) is 0. The monoisotopic (exact) mass is 240 g/mol. The maximum atomic E-state index is 5.58. The second kappa shape index (κ2) is 7.34. The van der Waals surface area contributed by atoms with E-state index < -0.39 is 0 Å². The van der Waals surface area contributed by atoms with Gasteiger partial charge in [0, 0.05) is 19.7 Å². The van der Waals surface area contributed by atoms with Crippen molar-refractivity contribution in [2.24, 2.45) is 11.8 Å². The molecule has 2 heterocycles. The lowest BCUT2D eigenvalue weighted by atomic mass is 9.96. The van der Waals surface area contributed by atoms with E-state index in [2.05, 4.69) is 17.1 Å². The first-order valence-electron chi connectivity index (χ1n) is 7.39. The van der Waals surface area contributed by atoms with Gasteiger partial charge in [0.1, 0.15) is 0 Å². The van der Waals surface area contributed by atoms with Gasteiger partial charge in [0.05, 0.1) is 6.61 Å². The van der Waals surface area contributed by atoms with E-state index in [0.29, 0.717) is 0 Å². The van der Waals surface area contributed by atoms with E-state index in [-0.39, 0.29) is 0 Å². The van der Waals surface area contributed by atoms with Gasteiger partial charge in [0.15, 0.2) is 0 Å². The van der Waals surface area contributed by atoms with Gasteiger partial charge in [-0.1, -0.05) is 6.92 Å². The molecule has 2 aliphatic heterocycles. The van der Waals surface area contributed by atoms with E-state index in [4.69, 9.17) is 4.74 Å². The Morgan fingerprint density at radius 1 is 1.12 bits per heavy atom. The minimum absolute atomic E-state index is 0.783. The quantitative estimate of drug-likeness (QED) is 0.792. The number of hydrogen-bond donors (Lipinski definition) is 1. The predicted molar refractivity (Wildman–Crippen MR) is 71.3 cm³/mol. The largest absolute Gasteiger partial charge is 0.381 e. The maximum Gasteiger partial charge on any atom is 0.0506 e. The zero-order valence-electron chi connectivity index (χ0n) is 11.3. The Balaban J connectivity index is 1.71. The molecule has 2 fully saturated rings. The topological polar surface area (TPSA) is 24.5 Å². The van der Waals surface area contributed by atoms with Crippen molar-refractivity contribution in [3.8, 4) is 0 Å². The first-order chi connectivity index (χ1) is 8.38. The summed E-state index contributed by atoms with van der Waals surface area (Å²) < 4.78 is 5.58. The van der Waals surface area contributed by atoms with Crippen LogP contribution < -0.4 is 5.32 Å². The van der Waals surface area contributed by atoms with Gasteiger partial charge in [-0.05, 0) is 57.2 Å². The molecule has 0 aromatic heterocycles. The Bertz CT molecular complexity index is 178. The number of ether oxygens (including phenoxy) is 1. The van der Waals surface area contributed by atoms with Gasteiger partial charge >= 0.3 is 0 Å². The van der Waals surface area contributed by atoms with Crippen molar-refractivity contribution < 1.29 is 4.74 Å². The van der Waals surface area contributed by atoms with Crippen LogP contribution in [0.1, 0.15) is 32.6 Å². The molecule has 2 aliphatic rings. The Hall–Kier alpha value is -0.120. The SMILES string of the molecule is CCN(CC1CCNCC1)CC1CCCOC1. The van der Waals surface area contributed by atoms with Gasteiger partial charge in [-0.25, -0.2) is 0 Å². The number of nitrogens with one attached hydrogen (secondary N) is 1. The molecule has 0 amide bonds. The molecule has 2 rings (SSSR count). The molecule has 3 heteroatoms. The Morgan fingerprint density at radius 3 is 2.53 bits per heavy atom. The minimum atomic E-state index is 0.783. The number of nitrogens with zero attached hydrogens (tertiary/aromatic N) is 1. The highest BCUT2D eigenvalue weighted by Gasteiger charge is 2.20. The lowest BCUT2D eigenvalue weighted by molar-refractivity contribution is 0.0361. The fraction of sp³-hybridized carbons (Fsp3) is 1.00. The number of hydrogen-bond acceptors (Lipinski definition) is 3. The third kappa shape index (κ3) is 4.57. The van der Waals surface area contributed by atoms with Crippen molar-refractivity contribution in [1.82, 2.24) is 10.2 Å². The number of piperidine rings is 1. The Labute approximate surface area is 106 Å². The van der Waals surface area contributed by atoms with Crippen LogP contribution in [0.25, 0.3) is 0 Å². The molecular weight excluding hydrogens is 212 g/mol. The lowest BCUT2D eigenvalue weighted by Crippen LogP contribution is -2.39. The van der Waals surface area contributed by atoms with Crippen LogP contribution in [0, 0.1) is 11.8 Å². The molecule has 0 aromatic carbocycles. The fourth-order valence-electron chi connectivity index (χ4n) is 3.08. The molecule has 100 valence electrons. The van der Waals surface area contributed by atoms with Crippen LogP contribution in [0.15, 0.2) is 0 Å². The zero-order chi connectivity index (χ0) is 11.9. The summed E-state index contributed by atoms with van der Waals surface area (Å²) in [6.07, 6.45) is 5.34. The van der Waals surface area contributed by atoms with Crippen molar-refractivity contribution in [3.63, 3.8) is 0 Å². The highest BCUT2D eigenvalue weighted by Crippen LogP contribution is 2.18. The molecule has 0 aromatic rings. The third-order valence-corrected chi connectivity index (χ3v) is 4.19. The summed E-state index contributed by atoms with van der Waals surface area (Å²) in [5.41, 5.74) is 0. The van der Waals surface area contributed by atoms with Crippen molar-refractivity contribution in [3.05, 3.63) is 0 Å². The van der Waals surface area contributed by atoms with E-state index in [0.717, 1.165) is 25.0 Å². The van der Waals surface area contributed by atoms with E-state index in [1.807, 2.05) is 0 Å². The molecule has 17 heavy (non-hydrogen) atoms. The Kier molecular flexibility index (Phi) is 5.75. The molecule has 1 N–H and O–H groups in total. The second-order valence-electron chi connectivity index (χ2n) is 5.63. The molecule has 1 atom stereocenters. The molecule has 3 nitrogen and oxygen atoms in total. The van der Waals surface area contributed by atoms with Crippen LogP contribution in [0.5, 0.6) is 0 Å². The minimum Gasteiger partial charge on any atom is -0.381 e. The first kappa shape index (κ1) is 13.3. The van der Waals surface area contributed by atoms with E-state index in [1.54, 1.807) is 0 Å². The van der Waals surface area contributed by atoms with E-state index >= 15 is 0 Å². The van der Waals surface area contributed by atoms with Gasteiger partial charge in [-0.15, -0.1) is 0 Å². The number of rotatable bonds is 5. The molecule has 1 unspecified atom stereocenters. The van der Waals surface area contributed by atoms with Gasteiger partial charge in [-0.3, -0.25) is 0 Å². The average molecular weight is 240 g/mol. The molecule has 0 radical (unpaired) electrons. The van der Waals surface area contributed by atoms with Gasteiger partial charge in [-0.2, -0.15) is 0 Å². The second-order valence-corrected chi connectivity index (χ2v) is 5.63. The molecule has 0 bridgehead atoms. The van der Waals surface area contributed by atoms with E-state index in [9.17, 15) is 0 Å². The van der Waals surface area contributed by atoms with Crippen LogP contribution in [0.2, 0.25) is 0 Å². The van der Waals surface area contributed by atoms with Crippen LogP contribution >= 0.6 is 0 Å². The van der Waals surface area contributed by atoms with Gasteiger partial charge in [0.2, 0.25) is 0 Å². The van der Waals surface area contributed by atoms with Crippen LogP contribution in [0.3, 0.4) is 0 Å². The van der Waals surface area contributed by atoms with Crippen LogP contribution in [-0.4, -0.2) is 50.8 Å². The fourth-order valence-corrected chi connectivity index (χ4v) is 3.08. The predicted octanol–water partition coefficient (Wildman–Crippen LogP) is 1.73. The summed E-state index contributed by atoms with van der Waals surface area (Å²) in [6.45, 7) is 10.4. The molecule has 2 saturated heterocycles. The Morgan fingerprint density at radius 2 is 1.88 bits per heavy atom. The van der Waals surface area contributed by atoms with Crippen molar-refractivity contribution in [2.75, 3.05) is 45.9 Å². The molecular formula is C14H28N2O. The molecule has 0 saturated carbocycles. The zero-order valence-corrected chi connectivity index (χ0v) is 11.3. The van der Waals surface area contributed by atoms with Gasteiger partial charge in [0.25, 0.3) is 0 Å². The van der Waals surface area contributed by atoms with Crippen LogP contribution in [-0.2, 0) is 4.74 Å². The summed E-state index contributed by atoms with van der Waals surface area (Å²) in [5.74, 6) is 1.70. The normalized spacial score (nSPS) is 27.5. The first-order valence-corrected chi connectivity index (χ1v) is 7.39. The van der Waals surface area contributed by atoms with E-state index in [1.165, 1.54) is 58.4 Å². The summed E-state index contributed by atoms with van der Waals surface area (Å²) in [5, 5.41) is 3.45. The lowest BCUT2D eigenvalue weighted by Gasteiger charge is -2.33. The summed E-state index contributed by atoms with van der Waals surface area (Å²) in [4.78, 5) is 2.65. The van der Waals surface area contributed by atoms with Crippen LogP contribution in [0.4, 0.5) is 0 Å². The maximum absolute atomic E-state index is 5.58. The van der Waals surface area contributed by atoms with Crippen molar-refractivity contribution in [2.45, 2.75) is 32.6 Å². The molecule has 0 aliphatic carbocycles.